The van der Waals surface area contributed by atoms with Crippen molar-refractivity contribution in [3.63, 3.8) is 0 Å². The summed E-state index contributed by atoms with van der Waals surface area (Å²) in [5, 5.41) is 6.68. The number of amides is 2. The molecule has 0 bridgehead atoms. The molecule has 3 rings (SSSR count). The number of likely N-dealkylation sites (N-methyl/N-ethyl adjacent to an activating group) is 1. The van der Waals surface area contributed by atoms with E-state index < -0.39 is 12.1 Å². The summed E-state index contributed by atoms with van der Waals surface area (Å²) in [6.45, 7) is 1.95. The van der Waals surface area contributed by atoms with E-state index in [4.69, 9.17) is 4.74 Å². The molecule has 1 aliphatic heterocycles. The summed E-state index contributed by atoms with van der Waals surface area (Å²) in [7, 11) is 1.55. The summed E-state index contributed by atoms with van der Waals surface area (Å²) in [4.78, 5) is 26.4. The normalized spacial score (nSPS) is 17.8. The molecule has 1 aromatic heterocycles. The third-order valence-corrected chi connectivity index (χ3v) is 3.86. The molecule has 2 atom stereocenters. The minimum Gasteiger partial charge on any atom is -0.477 e. The maximum atomic E-state index is 12.9. The molecule has 0 aliphatic carbocycles. The second-order valence-corrected chi connectivity index (χ2v) is 5.30. The van der Waals surface area contributed by atoms with Gasteiger partial charge in [-0.2, -0.15) is 5.10 Å². The maximum absolute atomic E-state index is 12.9. The van der Waals surface area contributed by atoms with E-state index in [1.807, 2.05) is 18.2 Å². The monoisotopic (exact) mass is 314 g/mol. The predicted molar refractivity (Wildman–Crippen MR) is 84.2 cm³/mol. The van der Waals surface area contributed by atoms with Gasteiger partial charge in [0.2, 0.25) is 0 Å². The van der Waals surface area contributed by atoms with E-state index in [0.717, 1.165) is 0 Å². The molecule has 7 nitrogen and oxygen atoms in total. The van der Waals surface area contributed by atoms with Crippen LogP contribution in [0.25, 0.3) is 0 Å². The van der Waals surface area contributed by atoms with Crippen LogP contribution in [0.2, 0.25) is 0 Å². The van der Waals surface area contributed by atoms with Crippen molar-refractivity contribution in [3.8, 4) is 5.75 Å². The molecule has 0 unspecified atom stereocenters. The van der Waals surface area contributed by atoms with Gasteiger partial charge in [-0.1, -0.05) is 12.1 Å². The molecule has 1 aromatic carbocycles. The number of carbonyl (C=O) groups is 2. The van der Waals surface area contributed by atoms with Crippen LogP contribution in [0.4, 0.5) is 5.69 Å². The molecule has 2 aromatic rings. The van der Waals surface area contributed by atoms with Crippen molar-refractivity contribution in [1.29, 1.82) is 0 Å². The minimum absolute atomic E-state index is 0.140. The van der Waals surface area contributed by atoms with Crippen molar-refractivity contribution in [1.82, 2.24) is 15.1 Å². The number of benzene rings is 1. The van der Waals surface area contributed by atoms with Crippen LogP contribution in [-0.2, 0) is 9.59 Å². The third kappa shape index (κ3) is 2.77. The second-order valence-electron chi connectivity index (χ2n) is 5.30. The van der Waals surface area contributed by atoms with E-state index in [1.54, 1.807) is 48.1 Å². The van der Waals surface area contributed by atoms with E-state index in [-0.39, 0.29) is 18.4 Å². The predicted octanol–water partition coefficient (Wildman–Crippen LogP) is 0.984. The number of para-hydroxylation sites is 2. The zero-order valence-electron chi connectivity index (χ0n) is 13.0. The van der Waals surface area contributed by atoms with Crippen LogP contribution < -0.4 is 15.0 Å². The van der Waals surface area contributed by atoms with Crippen LogP contribution in [0.15, 0.2) is 42.7 Å². The van der Waals surface area contributed by atoms with Crippen LogP contribution in [0.5, 0.6) is 5.75 Å². The Kier molecular flexibility index (Phi) is 4.01. The van der Waals surface area contributed by atoms with Crippen molar-refractivity contribution in [3.05, 3.63) is 42.7 Å². The lowest BCUT2D eigenvalue weighted by Gasteiger charge is -2.35. The quantitative estimate of drug-likeness (QED) is 0.916. The lowest BCUT2D eigenvalue weighted by atomic mass is 10.1. The Bertz CT molecular complexity index is 714. The van der Waals surface area contributed by atoms with Gasteiger partial charge < -0.3 is 15.0 Å². The Hall–Kier alpha value is -2.83. The van der Waals surface area contributed by atoms with Crippen molar-refractivity contribution in [2.45, 2.75) is 19.1 Å². The number of ether oxygens (including phenoxy) is 1. The highest BCUT2D eigenvalue weighted by Gasteiger charge is 2.35. The standard InChI is InChI=1S/C16H18N4O3/c1-11(20-9-5-8-18-20)16(22)19-10-14(15(21)17-2)23-13-7-4-3-6-12(13)19/h3-9,11,14H,10H2,1-2H3,(H,17,21)/t11-,14-/m1/s1. The zero-order chi connectivity index (χ0) is 16.4. The van der Waals surface area contributed by atoms with Gasteiger partial charge in [0.05, 0.1) is 12.2 Å². The fourth-order valence-corrected chi connectivity index (χ4v) is 2.59. The Morgan fingerprint density at radius 2 is 2.13 bits per heavy atom. The highest BCUT2D eigenvalue weighted by Crippen LogP contribution is 2.34. The first-order chi connectivity index (χ1) is 11.1. The van der Waals surface area contributed by atoms with Gasteiger partial charge in [-0.25, -0.2) is 0 Å². The molecule has 1 aliphatic rings. The summed E-state index contributed by atoms with van der Waals surface area (Å²) >= 11 is 0. The summed E-state index contributed by atoms with van der Waals surface area (Å²) in [5.41, 5.74) is 0.664. The topological polar surface area (TPSA) is 76.5 Å². The van der Waals surface area contributed by atoms with E-state index in [9.17, 15) is 9.59 Å². The Morgan fingerprint density at radius 3 is 2.83 bits per heavy atom. The number of hydrogen-bond donors (Lipinski definition) is 1. The fraction of sp³-hybridized carbons (Fsp3) is 0.312. The summed E-state index contributed by atoms with van der Waals surface area (Å²) in [6, 6.07) is 8.50. The van der Waals surface area contributed by atoms with Gasteiger partial charge in [-0.05, 0) is 25.1 Å². The number of fused-ring (bicyclic) bond motifs is 1. The molecule has 7 heteroatoms. The number of anilines is 1. The van der Waals surface area contributed by atoms with E-state index in [1.165, 1.54) is 0 Å². The molecular weight excluding hydrogens is 296 g/mol. The van der Waals surface area contributed by atoms with Gasteiger partial charge in [0.25, 0.3) is 11.8 Å². The molecule has 23 heavy (non-hydrogen) atoms. The first-order valence-corrected chi connectivity index (χ1v) is 7.39. The largest absolute Gasteiger partial charge is 0.477 e. The van der Waals surface area contributed by atoms with Crippen molar-refractivity contribution in [2.24, 2.45) is 0 Å². The highest BCUT2D eigenvalue weighted by molar-refractivity contribution is 5.99. The number of aromatic nitrogens is 2. The van der Waals surface area contributed by atoms with E-state index in [2.05, 4.69) is 10.4 Å². The lowest BCUT2D eigenvalue weighted by Crippen LogP contribution is -2.51. The van der Waals surface area contributed by atoms with Gasteiger partial charge >= 0.3 is 0 Å². The number of rotatable bonds is 3. The molecule has 0 radical (unpaired) electrons. The highest BCUT2D eigenvalue weighted by atomic mass is 16.5. The average Bonchev–Trinajstić information content (AvgIpc) is 3.13. The van der Waals surface area contributed by atoms with Crippen molar-refractivity contribution < 1.29 is 14.3 Å². The van der Waals surface area contributed by atoms with Crippen LogP contribution in [0.3, 0.4) is 0 Å². The molecule has 2 amide bonds. The Balaban J connectivity index is 1.93. The SMILES string of the molecule is CNC(=O)[C@H]1CN(C(=O)[C@@H](C)n2cccn2)c2ccccc2O1. The first-order valence-electron chi connectivity index (χ1n) is 7.39. The number of hydrogen-bond acceptors (Lipinski definition) is 4. The molecule has 1 N–H and O–H groups in total. The molecule has 0 saturated heterocycles. The average molecular weight is 314 g/mol. The number of nitrogens with zero attached hydrogens (tertiary/aromatic N) is 3. The van der Waals surface area contributed by atoms with Crippen molar-refractivity contribution >= 4 is 17.5 Å². The summed E-state index contributed by atoms with van der Waals surface area (Å²) < 4.78 is 7.30. The fourth-order valence-electron chi connectivity index (χ4n) is 2.59. The molecule has 120 valence electrons. The second kappa shape index (κ2) is 6.12. The molecular formula is C16H18N4O3. The summed E-state index contributed by atoms with van der Waals surface area (Å²) in [6.07, 6.45) is 2.64. The third-order valence-electron chi connectivity index (χ3n) is 3.86. The molecule has 2 heterocycles. The van der Waals surface area contributed by atoms with Gasteiger partial charge in [-0.3, -0.25) is 14.3 Å². The molecule has 0 saturated carbocycles. The van der Waals surface area contributed by atoms with Crippen LogP contribution in [-0.4, -0.2) is 41.3 Å². The van der Waals surface area contributed by atoms with Crippen molar-refractivity contribution in [2.75, 3.05) is 18.5 Å². The lowest BCUT2D eigenvalue weighted by molar-refractivity contribution is -0.128. The van der Waals surface area contributed by atoms with Gasteiger partial charge in [0.15, 0.2) is 6.10 Å². The maximum Gasteiger partial charge on any atom is 0.262 e. The Morgan fingerprint density at radius 1 is 1.35 bits per heavy atom. The van der Waals surface area contributed by atoms with Gasteiger partial charge in [0.1, 0.15) is 11.8 Å². The Labute approximate surface area is 133 Å². The van der Waals surface area contributed by atoms with E-state index in [0.29, 0.717) is 11.4 Å². The zero-order valence-corrected chi connectivity index (χ0v) is 13.0. The summed E-state index contributed by atoms with van der Waals surface area (Å²) in [5.74, 6) is 0.121. The van der Waals surface area contributed by atoms with Gasteiger partial charge in [-0.15, -0.1) is 0 Å². The minimum atomic E-state index is -0.733. The first kappa shape index (κ1) is 15.1. The van der Waals surface area contributed by atoms with Crippen LogP contribution in [0, 0.1) is 0 Å². The number of nitrogens with one attached hydrogen (secondary N) is 1. The van der Waals surface area contributed by atoms with Gasteiger partial charge in [0, 0.05) is 19.4 Å². The number of carbonyl (C=O) groups excluding carboxylic acids is 2. The molecule has 0 fully saturated rings. The molecule has 0 spiro atoms. The smallest absolute Gasteiger partial charge is 0.262 e. The van der Waals surface area contributed by atoms with E-state index >= 15 is 0 Å². The van der Waals surface area contributed by atoms with Crippen LogP contribution in [0.1, 0.15) is 13.0 Å². The van der Waals surface area contributed by atoms with Crippen LogP contribution >= 0.6 is 0 Å².